The van der Waals surface area contributed by atoms with Gasteiger partial charge in [0.15, 0.2) is 0 Å². The number of benzene rings is 2. The summed E-state index contributed by atoms with van der Waals surface area (Å²) in [5, 5.41) is 10.7. The molecule has 0 unspecified atom stereocenters. The second-order valence-electron chi connectivity index (χ2n) is 9.74. The van der Waals surface area contributed by atoms with Gasteiger partial charge in [-0.1, -0.05) is 44.2 Å². The Balaban J connectivity index is 1.49. The molecule has 8 heteroatoms. The maximum absolute atomic E-state index is 13.3. The molecule has 190 valence electrons. The highest BCUT2D eigenvalue weighted by molar-refractivity contribution is 5.93. The number of hydrogen-bond acceptors (Lipinski definition) is 6. The van der Waals surface area contributed by atoms with E-state index in [0.29, 0.717) is 43.9 Å². The number of methoxy groups -OCH3 is 1. The Morgan fingerprint density at radius 3 is 2.56 bits per heavy atom. The van der Waals surface area contributed by atoms with Crippen LogP contribution in [-0.4, -0.2) is 46.6 Å². The Hall–Kier alpha value is -3.49. The summed E-state index contributed by atoms with van der Waals surface area (Å²) in [6.07, 6.45) is 0.749. The number of carbonyl (C=O) groups excluding carboxylic acids is 1. The number of rotatable bonds is 10. The Labute approximate surface area is 211 Å². The Morgan fingerprint density at radius 2 is 1.89 bits per heavy atom. The van der Waals surface area contributed by atoms with Crippen LogP contribution in [0.3, 0.4) is 0 Å². The molecule has 3 N–H and O–H groups in total. The van der Waals surface area contributed by atoms with Crippen molar-refractivity contribution in [1.82, 2.24) is 9.88 Å². The van der Waals surface area contributed by atoms with E-state index in [9.17, 15) is 14.7 Å². The smallest absolute Gasteiger partial charge is 0.326 e. The number of fused-ring (bicyclic) bond motifs is 1. The molecule has 2 aromatic carbocycles. The van der Waals surface area contributed by atoms with Crippen LogP contribution in [0.15, 0.2) is 54.6 Å². The van der Waals surface area contributed by atoms with Crippen LogP contribution in [-0.2, 0) is 33.1 Å². The minimum atomic E-state index is -1.25. The molecule has 1 fully saturated rings. The number of pyridine rings is 1. The normalized spacial score (nSPS) is 18.7. The minimum Gasteiger partial charge on any atom is -0.489 e. The molecule has 8 nitrogen and oxygen atoms in total. The highest BCUT2D eigenvalue weighted by Crippen LogP contribution is 2.34. The summed E-state index contributed by atoms with van der Waals surface area (Å²) in [4.78, 5) is 31.1. The Morgan fingerprint density at radius 1 is 1.17 bits per heavy atom. The third-order valence-corrected chi connectivity index (χ3v) is 6.66. The van der Waals surface area contributed by atoms with Crippen molar-refractivity contribution in [3.8, 4) is 5.75 Å². The molecule has 36 heavy (non-hydrogen) atoms. The van der Waals surface area contributed by atoms with Gasteiger partial charge in [0.2, 0.25) is 5.91 Å². The molecule has 0 aliphatic carbocycles. The van der Waals surface area contributed by atoms with E-state index >= 15 is 0 Å². The van der Waals surface area contributed by atoms with Gasteiger partial charge in [0, 0.05) is 24.6 Å². The summed E-state index contributed by atoms with van der Waals surface area (Å²) in [5.74, 6) is -0.561. The molecule has 1 saturated heterocycles. The Bertz CT molecular complexity index is 1240. The molecular weight excluding hydrogens is 458 g/mol. The van der Waals surface area contributed by atoms with Gasteiger partial charge in [-0.15, -0.1) is 0 Å². The molecule has 1 aromatic heterocycles. The number of hydrogen-bond donors (Lipinski definition) is 2. The first-order valence-electron chi connectivity index (χ1n) is 12.2. The quantitative estimate of drug-likeness (QED) is 0.443. The van der Waals surface area contributed by atoms with Crippen molar-refractivity contribution < 1.29 is 24.2 Å². The lowest BCUT2D eigenvalue weighted by Gasteiger charge is -2.28. The number of para-hydroxylation sites is 1. The molecule has 4 rings (SSSR count). The van der Waals surface area contributed by atoms with Gasteiger partial charge in [-0.3, -0.25) is 9.78 Å². The van der Waals surface area contributed by atoms with Crippen LogP contribution in [0.25, 0.3) is 10.9 Å². The monoisotopic (exact) mass is 491 g/mol. The van der Waals surface area contributed by atoms with Gasteiger partial charge in [-0.2, -0.15) is 0 Å². The largest absolute Gasteiger partial charge is 0.489 e. The molecule has 2 atom stereocenters. The number of carbonyl (C=O) groups is 2. The van der Waals surface area contributed by atoms with Gasteiger partial charge in [0.05, 0.1) is 17.8 Å². The van der Waals surface area contributed by atoms with Gasteiger partial charge < -0.3 is 25.2 Å². The van der Waals surface area contributed by atoms with Crippen molar-refractivity contribution in [2.75, 3.05) is 13.7 Å². The number of aromatic nitrogens is 1. The van der Waals surface area contributed by atoms with E-state index in [0.717, 1.165) is 22.2 Å². The number of carboxylic acid groups (broad SMARTS) is 1. The van der Waals surface area contributed by atoms with E-state index in [1.165, 1.54) is 4.90 Å². The standard InChI is InChI=1S/C28H33N3O5/c1-18(2)14-25(26(32)33)31-13-12-28(29,27(31)34)20-8-10-22(11-9-20)36-16-19-15-21(17-35-3)30-24-7-5-4-6-23(19)24/h4-11,15,18,25H,12-14,16-17,29H2,1-3H3,(H,32,33)/t25-,28-/m1/s1. The molecule has 0 spiro atoms. The van der Waals surface area contributed by atoms with Crippen molar-refractivity contribution in [3.05, 3.63) is 71.4 Å². The lowest BCUT2D eigenvalue weighted by Crippen LogP contribution is -2.50. The first kappa shape index (κ1) is 25.6. The second-order valence-corrected chi connectivity index (χ2v) is 9.74. The summed E-state index contributed by atoms with van der Waals surface area (Å²) in [6, 6.07) is 16.2. The number of aliphatic carboxylic acids is 1. The third-order valence-electron chi connectivity index (χ3n) is 6.66. The molecule has 0 saturated carbocycles. The summed E-state index contributed by atoms with van der Waals surface area (Å²) < 4.78 is 11.3. The number of ether oxygens (including phenoxy) is 2. The number of likely N-dealkylation sites (tertiary alicyclic amines) is 1. The number of nitrogens with two attached hydrogens (primary N) is 1. The molecule has 2 heterocycles. The van der Waals surface area contributed by atoms with Gasteiger partial charge in [-0.25, -0.2) is 4.79 Å². The number of amides is 1. The third kappa shape index (κ3) is 5.20. The lowest BCUT2D eigenvalue weighted by atomic mass is 9.89. The first-order valence-corrected chi connectivity index (χ1v) is 12.2. The number of carboxylic acids is 1. The molecule has 3 aromatic rings. The van der Waals surface area contributed by atoms with E-state index in [-0.39, 0.29) is 11.8 Å². The molecular formula is C28H33N3O5. The molecule has 1 aliphatic rings. The average Bonchev–Trinajstić information content (AvgIpc) is 3.16. The van der Waals surface area contributed by atoms with Gasteiger partial charge in [0.1, 0.15) is 23.9 Å². The lowest BCUT2D eigenvalue weighted by molar-refractivity contribution is -0.150. The SMILES string of the molecule is COCc1cc(COc2ccc([C@]3(N)CCN([C@H](CC(C)C)C(=O)O)C3=O)cc2)c2ccccc2n1. The van der Waals surface area contributed by atoms with E-state index in [1.54, 1.807) is 31.4 Å². The van der Waals surface area contributed by atoms with Crippen LogP contribution in [0, 0.1) is 5.92 Å². The highest BCUT2D eigenvalue weighted by Gasteiger charge is 2.48. The molecule has 0 bridgehead atoms. The summed E-state index contributed by atoms with van der Waals surface area (Å²) in [6.45, 7) is 4.96. The van der Waals surface area contributed by atoms with Crippen LogP contribution >= 0.6 is 0 Å². The zero-order valence-electron chi connectivity index (χ0n) is 20.9. The van der Waals surface area contributed by atoms with Crippen LogP contribution < -0.4 is 10.5 Å². The summed E-state index contributed by atoms with van der Waals surface area (Å²) in [5.41, 5.74) is 8.67. The Kier molecular flexibility index (Phi) is 7.56. The van der Waals surface area contributed by atoms with E-state index in [4.69, 9.17) is 15.2 Å². The minimum absolute atomic E-state index is 0.145. The van der Waals surface area contributed by atoms with Crippen LogP contribution in [0.1, 0.15) is 43.5 Å². The van der Waals surface area contributed by atoms with Crippen LogP contribution in [0.5, 0.6) is 5.75 Å². The number of nitrogens with zero attached hydrogens (tertiary/aromatic N) is 2. The zero-order valence-corrected chi connectivity index (χ0v) is 20.9. The fraction of sp³-hybridized carbons (Fsp3) is 0.393. The molecule has 0 radical (unpaired) electrons. The van der Waals surface area contributed by atoms with Gasteiger partial charge >= 0.3 is 5.97 Å². The van der Waals surface area contributed by atoms with Crippen LogP contribution in [0.4, 0.5) is 0 Å². The predicted molar refractivity (Wildman–Crippen MR) is 136 cm³/mol. The second kappa shape index (κ2) is 10.6. The average molecular weight is 492 g/mol. The highest BCUT2D eigenvalue weighted by atomic mass is 16.5. The first-order chi connectivity index (χ1) is 17.2. The van der Waals surface area contributed by atoms with E-state index in [2.05, 4.69) is 4.98 Å². The maximum Gasteiger partial charge on any atom is 0.326 e. The van der Waals surface area contributed by atoms with Crippen molar-refractivity contribution in [2.24, 2.45) is 11.7 Å². The topological polar surface area (TPSA) is 115 Å². The fourth-order valence-corrected chi connectivity index (χ4v) is 4.79. The summed E-state index contributed by atoms with van der Waals surface area (Å²) in [7, 11) is 1.64. The fourth-order valence-electron chi connectivity index (χ4n) is 4.79. The van der Waals surface area contributed by atoms with Gasteiger partial charge in [-0.05, 0) is 48.6 Å². The molecule has 1 aliphatic heterocycles. The zero-order chi connectivity index (χ0) is 25.9. The van der Waals surface area contributed by atoms with Crippen molar-refractivity contribution in [3.63, 3.8) is 0 Å². The van der Waals surface area contributed by atoms with Crippen molar-refractivity contribution in [2.45, 2.75) is 51.5 Å². The maximum atomic E-state index is 13.3. The van der Waals surface area contributed by atoms with Crippen molar-refractivity contribution in [1.29, 1.82) is 0 Å². The van der Waals surface area contributed by atoms with Crippen LogP contribution in [0.2, 0.25) is 0 Å². The molecule has 1 amide bonds. The van der Waals surface area contributed by atoms with Crippen molar-refractivity contribution >= 4 is 22.8 Å². The van der Waals surface area contributed by atoms with Gasteiger partial charge in [0.25, 0.3) is 0 Å². The van der Waals surface area contributed by atoms with E-state index in [1.807, 2.05) is 44.2 Å². The van der Waals surface area contributed by atoms with E-state index < -0.39 is 17.6 Å². The predicted octanol–water partition coefficient (Wildman–Crippen LogP) is 3.85. The summed E-state index contributed by atoms with van der Waals surface area (Å²) >= 11 is 0.